The van der Waals surface area contributed by atoms with E-state index in [9.17, 15) is 9.59 Å². The second-order valence-electron chi connectivity index (χ2n) is 7.42. The SMILES string of the molecule is NC(=O)NCC(=O)N(Cc1cccc(C2CC2)c1)C12CC(C1)C2. The lowest BCUT2D eigenvalue weighted by Crippen LogP contribution is -2.70. The van der Waals surface area contributed by atoms with Crippen LogP contribution in [0, 0.1) is 5.92 Å². The number of hydrogen-bond acceptors (Lipinski definition) is 2. The summed E-state index contributed by atoms with van der Waals surface area (Å²) >= 11 is 0. The molecule has 4 aliphatic rings. The molecule has 122 valence electrons. The summed E-state index contributed by atoms with van der Waals surface area (Å²) in [5.41, 5.74) is 7.71. The Bertz CT molecular complexity index is 636. The molecular formula is C18H23N3O2. The first-order valence-electron chi connectivity index (χ1n) is 8.48. The Labute approximate surface area is 136 Å². The van der Waals surface area contributed by atoms with Crippen LogP contribution in [0.15, 0.2) is 24.3 Å². The number of primary amides is 1. The summed E-state index contributed by atoms with van der Waals surface area (Å²) < 4.78 is 0. The fraction of sp³-hybridized carbons (Fsp3) is 0.556. The Morgan fingerprint density at radius 3 is 2.57 bits per heavy atom. The van der Waals surface area contributed by atoms with Crippen LogP contribution >= 0.6 is 0 Å². The second kappa shape index (κ2) is 5.25. The number of nitrogens with zero attached hydrogens (tertiary/aromatic N) is 1. The van der Waals surface area contributed by atoms with E-state index in [1.54, 1.807) is 0 Å². The van der Waals surface area contributed by atoms with Gasteiger partial charge in [0.25, 0.3) is 0 Å². The second-order valence-corrected chi connectivity index (χ2v) is 7.42. The molecule has 0 aromatic heterocycles. The number of benzene rings is 1. The zero-order valence-electron chi connectivity index (χ0n) is 13.3. The molecular weight excluding hydrogens is 290 g/mol. The molecule has 4 aliphatic carbocycles. The van der Waals surface area contributed by atoms with Crippen LogP contribution in [0.5, 0.6) is 0 Å². The van der Waals surface area contributed by atoms with E-state index in [2.05, 4.69) is 29.6 Å². The van der Waals surface area contributed by atoms with Crippen LogP contribution in [-0.4, -0.2) is 28.9 Å². The number of nitrogens with one attached hydrogen (secondary N) is 1. The van der Waals surface area contributed by atoms with Crippen molar-refractivity contribution in [2.45, 2.75) is 50.1 Å². The molecule has 0 atom stereocenters. The van der Waals surface area contributed by atoms with Crippen molar-refractivity contribution in [1.29, 1.82) is 0 Å². The summed E-state index contributed by atoms with van der Waals surface area (Å²) in [5.74, 6) is 1.48. The predicted molar refractivity (Wildman–Crippen MR) is 86.6 cm³/mol. The van der Waals surface area contributed by atoms with Crippen molar-refractivity contribution in [2.75, 3.05) is 6.54 Å². The van der Waals surface area contributed by atoms with Crippen molar-refractivity contribution in [3.8, 4) is 0 Å². The van der Waals surface area contributed by atoms with Crippen molar-refractivity contribution in [1.82, 2.24) is 10.2 Å². The van der Waals surface area contributed by atoms with Gasteiger partial charge in [0, 0.05) is 12.1 Å². The Morgan fingerprint density at radius 2 is 2.00 bits per heavy atom. The highest BCUT2D eigenvalue weighted by molar-refractivity contribution is 5.84. The lowest BCUT2D eigenvalue weighted by Gasteiger charge is -2.66. The summed E-state index contributed by atoms with van der Waals surface area (Å²) in [5, 5.41) is 2.44. The minimum Gasteiger partial charge on any atom is -0.352 e. The standard InChI is InChI=1S/C18H23N3O2/c19-17(23)20-10-16(22)21(18-7-13(8-18)9-18)11-12-2-1-3-15(6-12)14-4-5-14/h1-3,6,13-14H,4-5,7-11H2,(H3,19,20,23). The number of hydrogen-bond donors (Lipinski definition) is 2. The van der Waals surface area contributed by atoms with Crippen molar-refractivity contribution >= 4 is 11.9 Å². The average Bonchev–Trinajstić information content (AvgIpc) is 3.25. The Kier molecular flexibility index (Phi) is 3.32. The van der Waals surface area contributed by atoms with Crippen LogP contribution < -0.4 is 11.1 Å². The van der Waals surface area contributed by atoms with Gasteiger partial charge in [-0.05, 0) is 55.1 Å². The number of carbonyl (C=O) groups is 2. The molecule has 4 saturated carbocycles. The molecule has 0 unspecified atom stereocenters. The van der Waals surface area contributed by atoms with Gasteiger partial charge in [-0.2, -0.15) is 0 Å². The van der Waals surface area contributed by atoms with Crippen LogP contribution in [0.25, 0.3) is 0 Å². The molecule has 1 aromatic rings. The van der Waals surface area contributed by atoms with E-state index in [1.807, 2.05) is 4.90 Å². The van der Waals surface area contributed by atoms with Crippen LogP contribution in [0.1, 0.15) is 49.1 Å². The van der Waals surface area contributed by atoms with E-state index in [0.717, 1.165) is 25.2 Å². The average molecular weight is 313 g/mol. The van der Waals surface area contributed by atoms with Crippen molar-refractivity contribution < 1.29 is 9.59 Å². The maximum absolute atomic E-state index is 12.6. The van der Waals surface area contributed by atoms with Gasteiger partial charge in [0.2, 0.25) is 5.91 Å². The third-order valence-electron chi connectivity index (χ3n) is 5.63. The first-order chi connectivity index (χ1) is 11.1. The molecule has 5 rings (SSSR count). The quantitative estimate of drug-likeness (QED) is 0.844. The zero-order chi connectivity index (χ0) is 16.0. The van der Waals surface area contributed by atoms with E-state index < -0.39 is 6.03 Å². The topological polar surface area (TPSA) is 75.4 Å². The molecule has 0 saturated heterocycles. The van der Waals surface area contributed by atoms with Gasteiger partial charge >= 0.3 is 6.03 Å². The molecule has 1 aromatic carbocycles. The molecule has 0 radical (unpaired) electrons. The van der Waals surface area contributed by atoms with E-state index in [4.69, 9.17) is 5.73 Å². The molecule has 4 fully saturated rings. The van der Waals surface area contributed by atoms with Gasteiger partial charge in [0.05, 0.1) is 6.54 Å². The smallest absolute Gasteiger partial charge is 0.312 e. The minimum absolute atomic E-state index is 0.00986. The maximum atomic E-state index is 12.6. The van der Waals surface area contributed by atoms with Crippen LogP contribution in [0.3, 0.4) is 0 Å². The molecule has 0 spiro atoms. The van der Waals surface area contributed by atoms with E-state index in [-0.39, 0.29) is 18.0 Å². The summed E-state index contributed by atoms with van der Waals surface area (Å²) in [7, 11) is 0. The Balaban J connectivity index is 1.50. The molecule has 2 bridgehead atoms. The number of urea groups is 1. The van der Waals surface area contributed by atoms with E-state index >= 15 is 0 Å². The lowest BCUT2D eigenvalue weighted by atomic mass is 9.49. The first kappa shape index (κ1) is 14.5. The zero-order valence-corrected chi connectivity index (χ0v) is 13.3. The number of nitrogens with two attached hydrogens (primary N) is 1. The molecule has 5 nitrogen and oxygen atoms in total. The van der Waals surface area contributed by atoms with Gasteiger partial charge in [0.1, 0.15) is 0 Å². The molecule has 0 heterocycles. The van der Waals surface area contributed by atoms with E-state index in [0.29, 0.717) is 12.5 Å². The molecule has 5 heteroatoms. The summed E-state index contributed by atoms with van der Waals surface area (Å²) in [6.45, 7) is 0.622. The Morgan fingerprint density at radius 1 is 1.26 bits per heavy atom. The van der Waals surface area contributed by atoms with Gasteiger partial charge < -0.3 is 16.0 Å². The van der Waals surface area contributed by atoms with Crippen LogP contribution in [-0.2, 0) is 11.3 Å². The van der Waals surface area contributed by atoms with Crippen LogP contribution in [0.4, 0.5) is 4.79 Å². The molecule has 23 heavy (non-hydrogen) atoms. The fourth-order valence-electron chi connectivity index (χ4n) is 4.09. The minimum atomic E-state index is -0.647. The summed E-state index contributed by atoms with van der Waals surface area (Å²) in [4.78, 5) is 25.5. The van der Waals surface area contributed by atoms with Crippen molar-refractivity contribution in [2.24, 2.45) is 11.7 Å². The number of amides is 3. The third-order valence-corrected chi connectivity index (χ3v) is 5.63. The van der Waals surface area contributed by atoms with E-state index in [1.165, 1.54) is 24.0 Å². The van der Waals surface area contributed by atoms with Crippen molar-refractivity contribution in [3.63, 3.8) is 0 Å². The molecule has 3 N–H and O–H groups in total. The van der Waals surface area contributed by atoms with Gasteiger partial charge in [-0.3, -0.25) is 4.79 Å². The molecule has 3 amide bonds. The Hall–Kier alpha value is -2.04. The van der Waals surface area contributed by atoms with Gasteiger partial charge in [0.15, 0.2) is 0 Å². The third kappa shape index (κ3) is 2.69. The van der Waals surface area contributed by atoms with Gasteiger partial charge in [-0.25, -0.2) is 4.79 Å². The van der Waals surface area contributed by atoms with Gasteiger partial charge in [-0.1, -0.05) is 24.3 Å². The first-order valence-corrected chi connectivity index (χ1v) is 8.48. The van der Waals surface area contributed by atoms with Gasteiger partial charge in [-0.15, -0.1) is 0 Å². The highest BCUT2D eigenvalue weighted by atomic mass is 16.2. The largest absolute Gasteiger partial charge is 0.352 e. The predicted octanol–water partition coefficient (Wildman–Crippen LogP) is 2.11. The van der Waals surface area contributed by atoms with Crippen molar-refractivity contribution in [3.05, 3.63) is 35.4 Å². The highest BCUT2D eigenvalue weighted by Gasteiger charge is 2.61. The highest BCUT2D eigenvalue weighted by Crippen LogP contribution is 2.60. The lowest BCUT2D eigenvalue weighted by molar-refractivity contribution is -0.173. The van der Waals surface area contributed by atoms with Crippen LogP contribution in [0.2, 0.25) is 0 Å². The number of rotatable bonds is 6. The molecule has 0 aliphatic heterocycles. The number of carbonyl (C=O) groups excluding carboxylic acids is 2. The fourth-order valence-corrected chi connectivity index (χ4v) is 4.09. The monoisotopic (exact) mass is 313 g/mol. The normalized spacial score (nSPS) is 27.6. The summed E-state index contributed by atoms with van der Waals surface area (Å²) in [6, 6.07) is 7.97. The summed E-state index contributed by atoms with van der Waals surface area (Å²) in [6.07, 6.45) is 5.88. The maximum Gasteiger partial charge on any atom is 0.312 e.